The second-order valence-electron chi connectivity index (χ2n) is 10.4. The van der Waals surface area contributed by atoms with E-state index in [4.69, 9.17) is 38.6 Å². The highest BCUT2D eigenvalue weighted by Crippen LogP contribution is 2.26. The summed E-state index contributed by atoms with van der Waals surface area (Å²) in [5.74, 6) is -1.48. The Morgan fingerprint density at radius 1 is 0.846 bits per heavy atom. The van der Waals surface area contributed by atoms with E-state index < -0.39 is 23.5 Å². The number of benzene rings is 2. The Morgan fingerprint density at radius 2 is 1.41 bits per heavy atom. The van der Waals surface area contributed by atoms with Gasteiger partial charge in [0.25, 0.3) is 0 Å². The lowest BCUT2D eigenvalue weighted by Crippen LogP contribution is -2.25. The van der Waals surface area contributed by atoms with Gasteiger partial charge in [-0.15, -0.1) is 0 Å². The molecule has 0 radical (unpaired) electrons. The Hall–Kier alpha value is -3.18. The number of carboxylic acids is 2. The normalized spacial score (nSPS) is 21.1. The van der Waals surface area contributed by atoms with E-state index >= 15 is 0 Å². The Balaban J connectivity index is 0.000000216. The zero-order valence-electron chi connectivity index (χ0n) is 23.1. The van der Waals surface area contributed by atoms with Crippen molar-refractivity contribution in [3.63, 3.8) is 0 Å². The molecule has 4 rings (SSSR count). The summed E-state index contributed by atoms with van der Waals surface area (Å²) in [6.45, 7) is 11.1. The van der Waals surface area contributed by atoms with Crippen LogP contribution < -0.4 is 9.47 Å². The summed E-state index contributed by atoms with van der Waals surface area (Å²) >= 11 is 0. The van der Waals surface area contributed by atoms with Gasteiger partial charge >= 0.3 is 11.9 Å². The van der Waals surface area contributed by atoms with E-state index in [1.807, 2.05) is 40.7 Å². The Morgan fingerprint density at radius 3 is 1.95 bits per heavy atom. The van der Waals surface area contributed by atoms with Crippen LogP contribution in [0.5, 0.6) is 11.5 Å². The molecule has 0 saturated carbocycles. The summed E-state index contributed by atoms with van der Waals surface area (Å²) in [6, 6.07) is 12.5. The summed E-state index contributed by atoms with van der Waals surface area (Å²) in [5.41, 5.74) is 2.33. The van der Waals surface area contributed by atoms with E-state index in [0.29, 0.717) is 43.5 Å². The minimum Gasteiger partial charge on any atom is -0.491 e. The molecular formula is C29H38O10. The quantitative estimate of drug-likeness (QED) is 0.451. The minimum absolute atomic E-state index is 0.000889. The molecule has 0 aliphatic carbocycles. The van der Waals surface area contributed by atoms with Crippen LogP contribution in [0.3, 0.4) is 0 Å². The Labute approximate surface area is 228 Å². The number of aliphatic carboxylic acids is 2. The van der Waals surface area contributed by atoms with Crippen LogP contribution in [0.25, 0.3) is 0 Å². The van der Waals surface area contributed by atoms with E-state index in [0.717, 1.165) is 11.1 Å². The van der Waals surface area contributed by atoms with Gasteiger partial charge in [0.05, 0.1) is 26.1 Å². The standard InChI is InChI=1S/C15H20O5.C14H18O5/c1-10-11(7-14(16)17)5-4-6-13(10)18-8-12-9-19-15(2,3)20-12;1-14(2)18-9-12(19-14)8-17-11-5-3-4-10(6-11)7-13(15)16/h4-6,12H,7-9H2,1-3H3,(H,16,17);3-6,12H,7-9H2,1-2H3,(H,15,16). The average molecular weight is 547 g/mol. The number of hydrogen-bond donors (Lipinski definition) is 2. The van der Waals surface area contributed by atoms with E-state index in [1.165, 1.54) is 0 Å². The molecule has 2 unspecified atom stereocenters. The molecule has 0 bridgehead atoms. The molecule has 2 atom stereocenters. The Kier molecular flexibility index (Phi) is 10.3. The van der Waals surface area contributed by atoms with Gasteiger partial charge in [-0.2, -0.15) is 0 Å². The molecule has 2 aromatic carbocycles. The molecule has 2 saturated heterocycles. The SMILES string of the molecule is CC1(C)OCC(COc2cccc(CC(=O)O)c2)O1.Cc1c(CC(=O)O)cccc1OCC1COC(C)(C)O1. The maximum absolute atomic E-state index is 10.8. The monoisotopic (exact) mass is 546 g/mol. The number of rotatable bonds is 10. The van der Waals surface area contributed by atoms with Gasteiger partial charge in [0, 0.05) is 0 Å². The zero-order valence-corrected chi connectivity index (χ0v) is 23.1. The van der Waals surface area contributed by atoms with Crippen LogP contribution >= 0.6 is 0 Å². The van der Waals surface area contributed by atoms with Gasteiger partial charge < -0.3 is 38.6 Å². The van der Waals surface area contributed by atoms with Crippen LogP contribution in [0.2, 0.25) is 0 Å². The average Bonchev–Trinajstić information content (AvgIpc) is 3.38. The number of carbonyl (C=O) groups is 2. The smallest absolute Gasteiger partial charge is 0.307 e. The molecule has 2 aliphatic heterocycles. The first kappa shape index (κ1) is 30.4. The summed E-state index contributed by atoms with van der Waals surface area (Å²) in [5, 5.41) is 17.6. The maximum atomic E-state index is 10.8. The molecular weight excluding hydrogens is 508 g/mol. The highest BCUT2D eigenvalue weighted by atomic mass is 16.8. The lowest BCUT2D eigenvalue weighted by atomic mass is 10.1. The summed E-state index contributed by atoms with van der Waals surface area (Å²) in [4.78, 5) is 21.4. The molecule has 0 aromatic heterocycles. The van der Waals surface area contributed by atoms with Gasteiger partial charge in [-0.1, -0.05) is 24.3 Å². The number of hydrogen-bond acceptors (Lipinski definition) is 8. The first-order valence-corrected chi connectivity index (χ1v) is 12.8. The maximum Gasteiger partial charge on any atom is 0.307 e. The van der Waals surface area contributed by atoms with Crippen molar-refractivity contribution in [3.05, 3.63) is 59.2 Å². The third-order valence-electron chi connectivity index (χ3n) is 5.99. The van der Waals surface area contributed by atoms with E-state index in [2.05, 4.69) is 0 Å². The van der Waals surface area contributed by atoms with Crippen molar-refractivity contribution in [1.82, 2.24) is 0 Å². The van der Waals surface area contributed by atoms with Gasteiger partial charge in [0.1, 0.15) is 36.9 Å². The molecule has 39 heavy (non-hydrogen) atoms. The highest BCUT2D eigenvalue weighted by Gasteiger charge is 2.34. The molecule has 2 aliphatic rings. The first-order valence-electron chi connectivity index (χ1n) is 12.8. The number of ether oxygens (including phenoxy) is 6. The van der Waals surface area contributed by atoms with Crippen molar-refractivity contribution < 1.29 is 48.2 Å². The van der Waals surface area contributed by atoms with Gasteiger partial charge in [-0.25, -0.2) is 0 Å². The second kappa shape index (κ2) is 13.3. The molecule has 214 valence electrons. The molecule has 2 fully saturated rings. The third kappa shape index (κ3) is 10.1. The first-order chi connectivity index (χ1) is 18.3. The molecule has 0 spiro atoms. The summed E-state index contributed by atoms with van der Waals surface area (Å²) < 4.78 is 33.5. The van der Waals surface area contributed by atoms with Crippen LogP contribution in [0, 0.1) is 6.92 Å². The van der Waals surface area contributed by atoms with Crippen LogP contribution in [0.15, 0.2) is 42.5 Å². The van der Waals surface area contributed by atoms with E-state index in [9.17, 15) is 9.59 Å². The summed E-state index contributed by atoms with van der Waals surface area (Å²) in [7, 11) is 0. The van der Waals surface area contributed by atoms with E-state index in [-0.39, 0.29) is 25.0 Å². The van der Waals surface area contributed by atoms with Gasteiger partial charge in [-0.3, -0.25) is 9.59 Å². The molecule has 2 heterocycles. The fourth-order valence-corrected chi connectivity index (χ4v) is 4.15. The third-order valence-corrected chi connectivity index (χ3v) is 5.99. The van der Waals surface area contributed by atoms with Crippen LogP contribution in [0.4, 0.5) is 0 Å². The predicted octanol–water partition coefficient (Wildman–Crippen LogP) is 4.00. The predicted molar refractivity (Wildman–Crippen MR) is 141 cm³/mol. The molecule has 0 amide bonds. The van der Waals surface area contributed by atoms with Crippen molar-refractivity contribution in [2.75, 3.05) is 26.4 Å². The fraction of sp³-hybridized carbons (Fsp3) is 0.517. The van der Waals surface area contributed by atoms with Crippen molar-refractivity contribution in [2.24, 2.45) is 0 Å². The molecule has 10 heteroatoms. The minimum atomic E-state index is -0.855. The van der Waals surface area contributed by atoms with Crippen molar-refractivity contribution in [2.45, 2.75) is 71.2 Å². The van der Waals surface area contributed by atoms with Crippen molar-refractivity contribution in [3.8, 4) is 11.5 Å². The second-order valence-corrected chi connectivity index (χ2v) is 10.4. The molecule has 2 aromatic rings. The van der Waals surface area contributed by atoms with Gasteiger partial charge in [0.15, 0.2) is 11.6 Å². The number of carboxylic acid groups (broad SMARTS) is 2. The largest absolute Gasteiger partial charge is 0.491 e. The lowest BCUT2D eigenvalue weighted by molar-refractivity contribution is -0.141. The zero-order chi connectivity index (χ0) is 28.6. The summed E-state index contributed by atoms with van der Waals surface area (Å²) in [6.07, 6.45) is -0.211. The van der Waals surface area contributed by atoms with Crippen molar-refractivity contribution in [1.29, 1.82) is 0 Å². The fourth-order valence-electron chi connectivity index (χ4n) is 4.15. The highest BCUT2D eigenvalue weighted by molar-refractivity contribution is 5.71. The van der Waals surface area contributed by atoms with Crippen molar-refractivity contribution >= 4 is 11.9 Å². The Bertz CT molecular complexity index is 1130. The van der Waals surface area contributed by atoms with Gasteiger partial charge in [0.2, 0.25) is 0 Å². The van der Waals surface area contributed by atoms with Gasteiger partial charge in [-0.05, 0) is 69.5 Å². The van der Waals surface area contributed by atoms with E-state index in [1.54, 1.807) is 36.4 Å². The topological polar surface area (TPSA) is 130 Å². The van der Waals surface area contributed by atoms with Crippen LogP contribution in [-0.4, -0.2) is 72.4 Å². The molecule has 2 N–H and O–H groups in total. The lowest BCUT2D eigenvalue weighted by Gasteiger charge is -2.18. The van der Waals surface area contributed by atoms with Crippen LogP contribution in [0.1, 0.15) is 44.4 Å². The molecule has 10 nitrogen and oxygen atoms in total. The van der Waals surface area contributed by atoms with Crippen LogP contribution in [-0.2, 0) is 41.4 Å².